The molecule has 1 amide bonds. The SMILES string of the molecule is Cc1cc(C)c(NC(=O)COC(=O)c2c(Cl)cccc2Cl)c(C)c1. The smallest absolute Gasteiger partial charge is 0.341 e. The van der Waals surface area contributed by atoms with Gasteiger partial charge in [0.05, 0.1) is 15.6 Å². The average molecular weight is 366 g/mol. The van der Waals surface area contributed by atoms with Crippen LogP contribution < -0.4 is 5.32 Å². The van der Waals surface area contributed by atoms with E-state index in [1.165, 1.54) is 12.1 Å². The van der Waals surface area contributed by atoms with Crippen LogP contribution in [0, 0.1) is 20.8 Å². The van der Waals surface area contributed by atoms with Gasteiger partial charge in [0, 0.05) is 5.69 Å². The molecule has 0 unspecified atom stereocenters. The van der Waals surface area contributed by atoms with Gasteiger partial charge in [-0.1, -0.05) is 47.0 Å². The Morgan fingerprint density at radius 1 is 1.04 bits per heavy atom. The number of benzene rings is 2. The van der Waals surface area contributed by atoms with Gasteiger partial charge in [0.25, 0.3) is 5.91 Å². The van der Waals surface area contributed by atoms with Crippen LogP contribution in [0.1, 0.15) is 27.0 Å². The van der Waals surface area contributed by atoms with Gasteiger partial charge in [-0.05, 0) is 44.0 Å². The lowest BCUT2D eigenvalue weighted by Crippen LogP contribution is -2.22. The zero-order valence-corrected chi connectivity index (χ0v) is 15.1. The molecule has 6 heteroatoms. The molecule has 0 fully saturated rings. The van der Waals surface area contributed by atoms with Crippen molar-refractivity contribution in [3.63, 3.8) is 0 Å². The van der Waals surface area contributed by atoms with Crippen LogP contribution in [0.5, 0.6) is 0 Å². The molecule has 2 aromatic carbocycles. The van der Waals surface area contributed by atoms with Gasteiger partial charge in [-0.3, -0.25) is 4.79 Å². The van der Waals surface area contributed by atoms with Gasteiger partial charge in [0.2, 0.25) is 0 Å². The van der Waals surface area contributed by atoms with Crippen molar-refractivity contribution < 1.29 is 14.3 Å². The minimum Gasteiger partial charge on any atom is -0.452 e. The van der Waals surface area contributed by atoms with Gasteiger partial charge in [0.1, 0.15) is 0 Å². The maximum absolute atomic E-state index is 12.1. The summed E-state index contributed by atoms with van der Waals surface area (Å²) in [6.07, 6.45) is 0. The van der Waals surface area contributed by atoms with E-state index in [1.807, 2.05) is 32.9 Å². The fourth-order valence-electron chi connectivity index (χ4n) is 2.45. The molecular formula is C18H17Cl2NO3. The summed E-state index contributed by atoms with van der Waals surface area (Å²) in [5.74, 6) is -1.17. The molecule has 4 nitrogen and oxygen atoms in total. The predicted molar refractivity (Wildman–Crippen MR) is 96.0 cm³/mol. The summed E-state index contributed by atoms with van der Waals surface area (Å²) >= 11 is 11.9. The van der Waals surface area contributed by atoms with Gasteiger partial charge in [0.15, 0.2) is 6.61 Å². The minimum atomic E-state index is -0.738. The molecule has 1 N–H and O–H groups in total. The van der Waals surface area contributed by atoms with Crippen molar-refractivity contribution in [3.05, 3.63) is 62.6 Å². The molecule has 0 spiro atoms. The number of aryl methyl sites for hydroxylation is 3. The van der Waals surface area contributed by atoms with Gasteiger partial charge < -0.3 is 10.1 Å². The van der Waals surface area contributed by atoms with E-state index in [0.29, 0.717) is 0 Å². The zero-order chi connectivity index (χ0) is 17.9. The Labute approximate surface area is 150 Å². The van der Waals surface area contributed by atoms with Crippen molar-refractivity contribution in [2.24, 2.45) is 0 Å². The highest BCUT2D eigenvalue weighted by atomic mass is 35.5. The fraction of sp³-hybridized carbons (Fsp3) is 0.222. The van der Waals surface area contributed by atoms with E-state index in [0.717, 1.165) is 22.4 Å². The van der Waals surface area contributed by atoms with Crippen LogP contribution in [0.4, 0.5) is 5.69 Å². The van der Waals surface area contributed by atoms with E-state index in [1.54, 1.807) is 6.07 Å². The molecule has 0 bridgehead atoms. The van der Waals surface area contributed by atoms with Crippen molar-refractivity contribution in [2.45, 2.75) is 20.8 Å². The number of carbonyl (C=O) groups is 2. The number of hydrogen-bond donors (Lipinski definition) is 1. The molecule has 0 radical (unpaired) electrons. The van der Waals surface area contributed by atoms with Crippen LogP contribution in [-0.2, 0) is 9.53 Å². The molecule has 0 saturated carbocycles. The first-order valence-corrected chi connectivity index (χ1v) is 8.04. The molecule has 126 valence electrons. The molecule has 0 aliphatic rings. The highest BCUT2D eigenvalue weighted by molar-refractivity contribution is 6.39. The number of anilines is 1. The summed E-state index contributed by atoms with van der Waals surface area (Å²) in [6, 6.07) is 8.62. The Kier molecular flexibility index (Phi) is 5.86. The minimum absolute atomic E-state index is 0.0522. The molecule has 0 aromatic heterocycles. The molecule has 2 rings (SSSR count). The summed E-state index contributed by atoms with van der Waals surface area (Å²) in [6.45, 7) is 5.38. The summed E-state index contributed by atoms with van der Waals surface area (Å²) in [7, 11) is 0. The first-order chi connectivity index (χ1) is 11.3. The molecule has 0 heterocycles. The van der Waals surface area contributed by atoms with Crippen molar-refractivity contribution in [2.75, 3.05) is 11.9 Å². The molecule has 2 aromatic rings. The number of amides is 1. The molecule has 0 atom stereocenters. The Balaban J connectivity index is 2.03. The maximum Gasteiger partial charge on any atom is 0.341 e. The highest BCUT2D eigenvalue weighted by Crippen LogP contribution is 2.25. The molecule has 0 saturated heterocycles. The van der Waals surface area contributed by atoms with Gasteiger partial charge in [-0.2, -0.15) is 0 Å². The number of carbonyl (C=O) groups excluding carboxylic acids is 2. The molecule has 0 aliphatic heterocycles. The summed E-state index contributed by atoms with van der Waals surface area (Å²) in [4.78, 5) is 24.1. The lowest BCUT2D eigenvalue weighted by Gasteiger charge is -2.13. The summed E-state index contributed by atoms with van der Waals surface area (Å²) < 4.78 is 5.01. The van der Waals surface area contributed by atoms with E-state index in [4.69, 9.17) is 27.9 Å². The first kappa shape index (κ1) is 18.3. The van der Waals surface area contributed by atoms with E-state index in [-0.39, 0.29) is 15.6 Å². The van der Waals surface area contributed by atoms with Crippen LogP contribution in [-0.4, -0.2) is 18.5 Å². The van der Waals surface area contributed by atoms with Gasteiger partial charge >= 0.3 is 5.97 Å². The third kappa shape index (κ3) is 4.28. The monoisotopic (exact) mass is 365 g/mol. The number of hydrogen-bond acceptors (Lipinski definition) is 3. The van der Waals surface area contributed by atoms with E-state index in [2.05, 4.69) is 5.32 Å². The third-order valence-corrected chi connectivity index (χ3v) is 4.07. The topological polar surface area (TPSA) is 55.4 Å². The Morgan fingerprint density at radius 3 is 2.12 bits per heavy atom. The van der Waals surface area contributed by atoms with E-state index < -0.39 is 18.5 Å². The number of rotatable bonds is 4. The molecule has 24 heavy (non-hydrogen) atoms. The number of ether oxygens (including phenoxy) is 1. The van der Waals surface area contributed by atoms with Crippen LogP contribution in [0.2, 0.25) is 10.0 Å². The van der Waals surface area contributed by atoms with Crippen LogP contribution >= 0.6 is 23.2 Å². The van der Waals surface area contributed by atoms with Crippen molar-refractivity contribution in [1.29, 1.82) is 0 Å². The maximum atomic E-state index is 12.1. The van der Waals surface area contributed by atoms with E-state index >= 15 is 0 Å². The quantitative estimate of drug-likeness (QED) is 0.797. The highest BCUT2D eigenvalue weighted by Gasteiger charge is 2.17. The van der Waals surface area contributed by atoms with Crippen LogP contribution in [0.25, 0.3) is 0 Å². The lowest BCUT2D eigenvalue weighted by molar-refractivity contribution is -0.119. The second-order valence-electron chi connectivity index (χ2n) is 5.49. The molecule has 0 aliphatic carbocycles. The van der Waals surface area contributed by atoms with Crippen molar-refractivity contribution in [3.8, 4) is 0 Å². The summed E-state index contributed by atoms with van der Waals surface area (Å²) in [5.41, 5.74) is 3.78. The van der Waals surface area contributed by atoms with Crippen molar-refractivity contribution >= 4 is 40.8 Å². The standard InChI is InChI=1S/C18H17Cl2NO3/c1-10-7-11(2)17(12(3)8-10)21-15(22)9-24-18(23)16-13(19)5-4-6-14(16)20/h4-8H,9H2,1-3H3,(H,21,22). The first-order valence-electron chi connectivity index (χ1n) is 7.28. The normalized spacial score (nSPS) is 10.4. The Morgan fingerprint density at radius 2 is 1.58 bits per heavy atom. The Bertz CT molecular complexity index is 760. The predicted octanol–water partition coefficient (Wildman–Crippen LogP) is 4.71. The van der Waals surface area contributed by atoms with Gasteiger partial charge in [-0.25, -0.2) is 4.79 Å². The average Bonchev–Trinajstić information content (AvgIpc) is 2.48. The fourth-order valence-corrected chi connectivity index (χ4v) is 3.00. The largest absolute Gasteiger partial charge is 0.452 e. The third-order valence-electron chi connectivity index (χ3n) is 3.44. The molecular weight excluding hydrogens is 349 g/mol. The second kappa shape index (κ2) is 7.69. The number of nitrogens with one attached hydrogen (secondary N) is 1. The lowest BCUT2D eigenvalue weighted by atomic mass is 10.1. The number of esters is 1. The zero-order valence-electron chi connectivity index (χ0n) is 13.6. The summed E-state index contributed by atoms with van der Waals surface area (Å²) in [5, 5.41) is 3.12. The van der Waals surface area contributed by atoms with E-state index in [9.17, 15) is 9.59 Å². The van der Waals surface area contributed by atoms with Crippen LogP contribution in [0.15, 0.2) is 30.3 Å². The second-order valence-corrected chi connectivity index (χ2v) is 6.31. The van der Waals surface area contributed by atoms with Crippen LogP contribution in [0.3, 0.4) is 0 Å². The van der Waals surface area contributed by atoms with Gasteiger partial charge in [-0.15, -0.1) is 0 Å². The Hall–Kier alpha value is -2.04. The number of halogens is 2. The van der Waals surface area contributed by atoms with Crippen molar-refractivity contribution in [1.82, 2.24) is 0 Å².